The number of hydrogen-bond acceptors (Lipinski definition) is 3. The van der Waals surface area contributed by atoms with Crippen LogP contribution in [0.4, 0.5) is 0 Å². The number of rotatable bonds is 6. The van der Waals surface area contributed by atoms with Crippen LogP contribution in [0.15, 0.2) is 109 Å². The number of aromatic hydroxyl groups is 2. The van der Waals surface area contributed by atoms with Crippen molar-refractivity contribution in [1.29, 1.82) is 0 Å². The van der Waals surface area contributed by atoms with Crippen LogP contribution in [0.1, 0.15) is 22.6 Å². The van der Waals surface area contributed by atoms with Crippen molar-refractivity contribution in [2.24, 2.45) is 0 Å². The Hall–Kier alpha value is -3.32. The van der Waals surface area contributed by atoms with E-state index < -0.39 is 0 Å². The van der Waals surface area contributed by atoms with Gasteiger partial charge >= 0.3 is 0 Å². The highest BCUT2D eigenvalue weighted by Crippen LogP contribution is 2.24. The first-order chi connectivity index (χ1) is 16.0. The average Bonchev–Trinajstić information content (AvgIpc) is 2.84. The van der Waals surface area contributed by atoms with Gasteiger partial charge in [-0.25, -0.2) is 0 Å². The molecule has 0 aliphatic rings. The Bertz CT molecular complexity index is 1050. The number of hydrogen-bond donors (Lipinski definition) is 3. The predicted molar refractivity (Wildman–Crippen MR) is 140 cm³/mol. The highest BCUT2D eigenvalue weighted by Gasteiger charge is 2.21. The number of carbonyl (C=O) groups excluding carboxylic acids is 1. The van der Waals surface area contributed by atoms with Crippen molar-refractivity contribution in [1.82, 2.24) is 5.32 Å². The fourth-order valence-corrected chi connectivity index (χ4v) is 3.68. The van der Waals surface area contributed by atoms with Gasteiger partial charge < -0.3 is 15.5 Å². The smallest absolute Gasteiger partial charge is 0.232 e. The third-order valence-corrected chi connectivity index (χ3v) is 5.72. The summed E-state index contributed by atoms with van der Waals surface area (Å²) in [6.45, 7) is 0.555. The fourth-order valence-electron chi connectivity index (χ4n) is 3.32. The van der Waals surface area contributed by atoms with Gasteiger partial charge in [0.15, 0.2) is 0 Å². The van der Waals surface area contributed by atoms with E-state index in [1.807, 2.05) is 84.9 Å². The molecule has 0 heterocycles. The molecule has 1 amide bonds. The van der Waals surface area contributed by atoms with Crippen molar-refractivity contribution in [2.75, 3.05) is 6.54 Å². The van der Waals surface area contributed by atoms with Crippen molar-refractivity contribution in [2.45, 2.75) is 12.3 Å². The summed E-state index contributed by atoms with van der Waals surface area (Å²) in [5, 5.41) is 21.1. The number of carbonyl (C=O) groups is 1. The van der Waals surface area contributed by atoms with Crippen LogP contribution in [0.5, 0.6) is 11.5 Å². The number of phenols is 2. The lowest BCUT2D eigenvalue weighted by Gasteiger charge is -2.18. The summed E-state index contributed by atoms with van der Waals surface area (Å²) in [6.07, 6.45) is 0.725. The first kappa shape index (κ1) is 24.3. The lowest BCUT2D eigenvalue weighted by Crippen LogP contribution is -2.31. The standard InChI is InChI=1S/C22H21NO2.C6H5IO/c24-20-13-11-17(12-14-20)15-16-23-22(25)21(18-7-3-1-4-8-18)19-9-5-2-6-10-19;7-5-1-3-6(8)4-2-5/h1-14,21,24H,15-16H2,(H,23,25);1-4,8H. The lowest BCUT2D eigenvalue weighted by molar-refractivity contribution is -0.121. The van der Waals surface area contributed by atoms with Gasteiger partial charge in [0.05, 0.1) is 5.92 Å². The van der Waals surface area contributed by atoms with Crippen LogP contribution in [-0.4, -0.2) is 22.7 Å². The summed E-state index contributed by atoms with van der Waals surface area (Å²) in [6, 6.07) is 33.8. The summed E-state index contributed by atoms with van der Waals surface area (Å²) in [4.78, 5) is 12.8. The summed E-state index contributed by atoms with van der Waals surface area (Å²) in [5.74, 6) is 0.254. The van der Waals surface area contributed by atoms with E-state index in [2.05, 4.69) is 27.9 Å². The van der Waals surface area contributed by atoms with E-state index in [-0.39, 0.29) is 17.6 Å². The van der Waals surface area contributed by atoms with Gasteiger partial charge in [0.25, 0.3) is 0 Å². The molecule has 0 bridgehead atoms. The molecular formula is C28H26INO3. The molecule has 0 saturated heterocycles. The van der Waals surface area contributed by atoms with E-state index in [0.717, 1.165) is 26.7 Å². The molecule has 4 rings (SSSR count). The zero-order valence-corrected chi connectivity index (χ0v) is 20.2. The first-order valence-corrected chi connectivity index (χ1v) is 11.7. The maximum atomic E-state index is 12.8. The molecule has 33 heavy (non-hydrogen) atoms. The quantitative estimate of drug-likeness (QED) is 0.262. The Morgan fingerprint density at radius 2 is 1.15 bits per heavy atom. The molecule has 0 atom stereocenters. The van der Waals surface area contributed by atoms with Gasteiger partial charge in [-0.15, -0.1) is 0 Å². The minimum Gasteiger partial charge on any atom is -0.508 e. The summed E-state index contributed by atoms with van der Waals surface area (Å²) < 4.78 is 1.14. The van der Waals surface area contributed by atoms with Crippen molar-refractivity contribution >= 4 is 28.5 Å². The molecule has 0 aliphatic carbocycles. The van der Waals surface area contributed by atoms with E-state index in [1.54, 1.807) is 24.3 Å². The Balaban J connectivity index is 0.000000323. The molecule has 0 spiro atoms. The highest BCUT2D eigenvalue weighted by atomic mass is 127. The number of benzene rings is 4. The third-order valence-electron chi connectivity index (χ3n) is 5.00. The molecule has 4 aromatic carbocycles. The van der Waals surface area contributed by atoms with Gasteiger partial charge in [-0.05, 0) is 82.1 Å². The molecule has 5 heteroatoms. The Morgan fingerprint density at radius 1 is 0.697 bits per heavy atom. The Morgan fingerprint density at radius 3 is 1.61 bits per heavy atom. The normalized spacial score (nSPS) is 10.2. The molecule has 0 saturated carbocycles. The molecular weight excluding hydrogens is 525 g/mol. The second-order valence-corrected chi connectivity index (χ2v) is 8.68. The maximum Gasteiger partial charge on any atom is 0.232 e. The second kappa shape index (κ2) is 12.6. The lowest BCUT2D eigenvalue weighted by atomic mass is 9.90. The van der Waals surface area contributed by atoms with Crippen LogP contribution < -0.4 is 5.32 Å². The largest absolute Gasteiger partial charge is 0.508 e. The van der Waals surface area contributed by atoms with Crippen LogP contribution in [0, 0.1) is 3.57 Å². The van der Waals surface area contributed by atoms with Gasteiger partial charge in [0.2, 0.25) is 5.91 Å². The molecule has 0 aromatic heterocycles. The van der Waals surface area contributed by atoms with E-state index >= 15 is 0 Å². The minimum atomic E-state index is -0.317. The van der Waals surface area contributed by atoms with Crippen LogP contribution >= 0.6 is 22.6 Å². The Labute approximate surface area is 208 Å². The molecule has 4 nitrogen and oxygen atoms in total. The number of phenolic OH excluding ortho intramolecular Hbond substituents is 2. The highest BCUT2D eigenvalue weighted by molar-refractivity contribution is 14.1. The fraction of sp³-hybridized carbons (Fsp3) is 0.107. The second-order valence-electron chi connectivity index (χ2n) is 7.44. The monoisotopic (exact) mass is 551 g/mol. The van der Waals surface area contributed by atoms with Gasteiger partial charge in [0.1, 0.15) is 11.5 Å². The van der Waals surface area contributed by atoms with E-state index in [9.17, 15) is 9.90 Å². The van der Waals surface area contributed by atoms with Crippen LogP contribution in [-0.2, 0) is 11.2 Å². The number of halogens is 1. The van der Waals surface area contributed by atoms with Gasteiger partial charge in [-0.1, -0.05) is 72.8 Å². The van der Waals surface area contributed by atoms with E-state index in [0.29, 0.717) is 12.3 Å². The number of nitrogens with one attached hydrogen (secondary N) is 1. The van der Waals surface area contributed by atoms with Crippen molar-refractivity contribution in [3.8, 4) is 11.5 Å². The topological polar surface area (TPSA) is 69.6 Å². The van der Waals surface area contributed by atoms with Gasteiger partial charge in [0, 0.05) is 10.1 Å². The number of amides is 1. The van der Waals surface area contributed by atoms with E-state index in [1.165, 1.54) is 0 Å². The molecule has 0 radical (unpaired) electrons. The summed E-state index contributed by atoms with van der Waals surface area (Å²) in [5.41, 5.74) is 3.04. The first-order valence-electron chi connectivity index (χ1n) is 10.6. The van der Waals surface area contributed by atoms with Crippen LogP contribution in [0.25, 0.3) is 0 Å². The summed E-state index contributed by atoms with van der Waals surface area (Å²) >= 11 is 2.19. The van der Waals surface area contributed by atoms with Gasteiger partial charge in [-0.3, -0.25) is 4.79 Å². The zero-order chi connectivity index (χ0) is 23.5. The summed E-state index contributed by atoms with van der Waals surface area (Å²) in [7, 11) is 0. The van der Waals surface area contributed by atoms with Crippen molar-refractivity contribution in [3.05, 3.63) is 129 Å². The van der Waals surface area contributed by atoms with Crippen molar-refractivity contribution in [3.63, 3.8) is 0 Å². The zero-order valence-electron chi connectivity index (χ0n) is 18.1. The van der Waals surface area contributed by atoms with Crippen molar-refractivity contribution < 1.29 is 15.0 Å². The maximum absolute atomic E-state index is 12.8. The average molecular weight is 551 g/mol. The Kier molecular flexibility index (Phi) is 9.32. The molecule has 4 aromatic rings. The predicted octanol–water partition coefficient (Wildman–Crippen LogP) is 5.88. The third kappa shape index (κ3) is 7.95. The molecule has 0 fully saturated rings. The van der Waals surface area contributed by atoms with Gasteiger partial charge in [-0.2, -0.15) is 0 Å². The van der Waals surface area contributed by atoms with Crippen LogP contribution in [0.2, 0.25) is 0 Å². The molecule has 3 N–H and O–H groups in total. The molecule has 168 valence electrons. The molecule has 0 unspecified atom stereocenters. The minimum absolute atomic E-state index is 0.00354. The van der Waals surface area contributed by atoms with E-state index in [4.69, 9.17) is 5.11 Å². The SMILES string of the molecule is O=C(NCCc1ccc(O)cc1)C(c1ccccc1)c1ccccc1.Oc1ccc(I)cc1. The molecule has 0 aliphatic heterocycles. The van der Waals surface area contributed by atoms with Crippen LogP contribution in [0.3, 0.4) is 0 Å².